The van der Waals surface area contributed by atoms with Crippen molar-refractivity contribution in [3.8, 4) is 0 Å². The first-order valence-electron chi connectivity index (χ1n) is 4.71. The minimum atomic E-state index is -0.352. The summed E-state index contributed by atoms with van der Waals surface area (Å²) < 4.78 is 11.5. The molecule has 0 bridgehead atoms. The third kappa shape index (κ3) is 1.80. The molecule has 2 nitrogen and oxygen atoms in total. The molecule has 0 radical (unpaired) electrons. The summed E-state index contributed by atoms with van der Waals surface area (Å²) in [7, 11) is 0. The molecule has 0 aliphatic carbocycles. The van der Waals surface area contributed by atoms with Crippen LogP contribution < -0.4 is 0 Å². The molecule has 1 heterocycles. The van der Waals surface area contributed by atoms with Gasteiger partial charge in [-0.05, 0) is 20.3 Å². The van der Waals surface area contributed by atoms with Crippen molar-refractivity contribution in [3.63, 3.8) is 0 Å². The molecule has 0 spiro atoms. The molecule has 2 atom stereocenters. The van der Waals surface area contributed by atoms with Crippen molar-refractivity contribution in [1.82, 2.24) is 0 Å². The second-order valence-electron chi connectivity index (χ2n) is 4.52. The van der Waals surface area contributed by atoms with Gasteiger partial charge in [-0.15, -0.1) is 0 Å². The van der Waals surface area contributed by atoms with Crippen molar-refractivity contribution < 1.29 is 9.47 Å². The van der Waals surface area contributed by atoms with Gasteiger partial charge < -0.3 is 9.47 Å². The summed E-state index contributed by atoms with van der Waals surface area (Å²) in [4.78, 5) is 0. The molecule has 1 rings (SSSR count). The number of rotatable bonds is 1. The highest BCUT2D eigenvalue weighted by Crippen LogP contribution is 2.35. The van der Waals surface area contributed by atoms with Gasteiger partial charge >= 0.3 is 0 Å². The third-order valence-electron chi connectivity index (χ3n) is 2.92. The first-order valence-corrected chi connectivity index (χ1v) is 4.71. The van der Waals surface area contributed by atoms with Crippen LogP contribution in [0.3, 0.4) is 0 Å². The second kappa shape index (κ2) is 3.00. The second-order valence-corrected chi connectivity index (χ2v) is 4.52. The van der Waals surface area contributed by atoms with Crippen LogP contribution in [0.5, 0.6) is 0 Å². The van der Waals surface area contributed by atoms with E-state index in [2.05, 4.69) is 27.7 Å². The molecule has 1 aliphatic rings. The summed E-state index contributed by atoms with van der Waals surface area (Å²) in [5.74, 6) is -0.352. The lowest BCUT2D eigenvalue weighted by Crippen LogP contribution is -2.50. The van der Waals surface area contributed by atoms with Crippen LogP contribution in [0.15, 0.2) is 0 Å². The summed E-state index contributed by atoms with van der Waals surface area (Å²) in [5, 5.41) is 0. The van der Waals surface area contributed by atoms with Gasteiger partial charge in [0.15, 0.2) is 5.79 Å². The minimum absolute atomic E-state index is 0.147. The molecule has 72 valence electrons. The van der Waals surface area contributed by atoms with Crippen molar-refractivity contribution in [1.29, 1.82) is 0 Å². The Hall–Kier alpha value is -0.0800. The Morgan fingerprint density at radius 3 is 2.33 bits per heavy atom. The minimum Gasteiger partial charge on any atom is -0.350 e. The van der Waals surface area contributed by atoms with Crippen molar-refractivity contribution in [2.24, 2.45) is 5.41 Å². The predicted octanol–water partition coefficient (Wildman–Crippen LogP) is 2.57. The normalized spacial score (nSPS) is 41.2. The largest absolute Gasteiger partial charge is 0.350 e. The molecule has 0 aromatic heterocycles. The van der Waals surface area contributed by atoms with Crippen LogP contribution >= 0.6 is 0 Å². The van der Waals surface area contributed by atoms with Gasteiger partial charge in [0.05, 0.1) is 12.7 Å². The van der Waals surface area contributed by atoms with Crippen molar-refractivity contribution in [3.05, 3.63) is 0 Å². The highest BCUT2D eigenvalue weighted by molar-refractivity contribution is 4.82. The van der Waals surface area contributed by atoms with Gasteiger partial charge in [0.25, 0.3) is 0 Å². The summed E-state index contributed by atoms with van der Waals surface area (Å²) in [6.45, 7) is 11.4. The average Bonchev–Trinajstić information content (AvgIpc) is 1.99. The third-order valence-corrected chi connectivity index (χ3v) is 2.92. The maximum atomic E-state index is 5.82. The number of ether oxygens (including phenoxy) is 2. The van der Waals surface area contributed by atoms with Crippen LogP contribution in [0, 0.1) is 5.41 Å². The monoisotopic (exact) mass is 172 g/mol. The smallest absolute Gasteiger partial charge is 0.165 e. The lowest BCUT2D eigenvalue weighted by atomic mass is 9.87. The zero-order valence-corrected chi connectivity index (χ0v) is 8.81. The van der Waals surface area contributed by atoms with E-state index in [1.807, 2.05) is 6.92 Å². The van der Waals surface area contributed by atoms with E-state index in [0.29, 0.717) is 0 Å². The summed E-state index contributed by atoms with van der Waals surface area (Å²) in [6.07, 6.45) is 1.18. The highest BCUT2D eigenvalue weighted by atomic mass is 16.7. The topological polar surface area (TPSA) is 18.5 Å². The molecule has 0 aromatic rings. The predicted molar refractivity (Wildman–Crippen MR) is 49.0 cm³/mol. The van der Waals surface area contributed by atoms with Gasteiger partial charge in [-0.3, -0.25) is 0 Å². The van der Waals surface area contributed by atoms with Gasteiger partial charge in [0.1, 0.15) is 0 Å². The fourth-order valence-electron chi connectivity index (χ4n) is 1.21. The molecule has 0 aromatic carbocycles. The summed E-state index contributed by atoms with van der Waals surface area (Å²) in [6, 6.07) is 0. The molecule has 1 aliphatic heterocycles. The zero-order chi connectivity index (χ0) is 9.41. The van der Waals surface area contributed by atoms with E-state index in [1.165, 1.54) is 0 Å². The first-order chi connectivity index (χ1) is 5.40. The van der Waals surface area contributed by atoms with Crippen LogP contribution in [0.1, 0.15) is 41.0 Å². The fourth-order valence-corrected chi connectivity index (χ4v) is 1.21. The molecule has 0 saturated carbocycles. The quantitative estimate of drug-likeness (QED) is 0.605. The SMILES string of the molecule is CC[C@@]1(C)OCC(C)(C)[C@@H](C)O1. The average molecular weight is 172 g/mol. The summed E-state index contributed by atoms with van der Waals surface area (Å²) >= 11 is 0. The molecule has 1 saturated heterocycles. The molecular weight excluding hydrogens is 152 g/mol. The molecule has 1 fully saturated rings. The lowest BCUT2D eigenvalue weighted by molar-refractivity contribution is -0.317. The van der Waals surface area contributed by atoms with Crippen LogP contribution in [-0.4, -0.2) is 18.5 Å². The maximum Gasteiger partial charge on any atom is 0.165 e. The number of hydrogen-bond donors (Lipinski definition) is 0. The van der Waals surface area contributed by atoms with Gasteiger partial charge in [-0.25, -0.2) is 0 Å². The molecule has 0 unspecified atom stereocenters. The fraction of sp³-hybridized carbons (Fsp3) is 1.00. The first kappa shape index (κ1) is 10.0. The van der Waals surface area contributed by atoms with E-state index < -0.39 is 0 Å². The molecule has 12 heavy (non-hydrogen) atoms. The Balaban J connectivity index is 2.63. The van der Waals surface area contributed by atoms with E-state index in [1.54, 1.807) is 0 Å². The van der Waals surface area contributed by atoms with Gasteiger partial charge in [-0.2, -0.15) is 0 Å². The van der Waals surface area contributed by atoms with Gasteiger partial charge in [0.2, 0.25) is 0 Å². The van der Waals surface area contributed by atoms with Crippen LogP contribution in [0.2, 0.25) is 0 Å². The van der Waals surface area contributed by atoms with Gasteiger partial charge in [0, 0.05) is 5.41 Å². The van der Waals surface area contributed by atoms with E-state index in [4.69, 9.17) is 9.47 Å². The molecular formula is C10H20O2. The highest BCUT2D eigenvalue weighted by Gasteiger charge is 2.40. The van der Waals surface area contributed by atoms with E-state index in [9.17, 15) is 0 Å². The van der Waals surface area contributed by atoms with Crippen LogP contribution in [0.25, 0.3) is 0 Å². The van der Waals surface area contributed by atoms with Crippen LogP contribution in [-0.2, 0) is 9.47 Å². The van der Waals surface area contributed by atoms with E-state index >= 15 is 0 Å². The van der Waals surface area contributed by atoms with Crippen molar-refractivity contribution >= 4 is 0 Å². The summed E-state index contributed by atoms with van der Waals surface area (Å²) in [5.41, 5.74) is 0.147. The Morgan fingerprint density at radius 2 is 1.92 bits per heavy atom. The van der Waals surface area contributed by atoms with E-state index in [0.717, 1.165) is 13.0 Å². The number of hydrogen-bond acceptors (Lipinski definition) is 2. The zero-order valence-electron chi connectivity index (χ0n) is 8.81. The van der Waals surface area contributed by atoms with Crippen molar-refractivity contribution in [2.75, 3.05) is 6.61 Å². The van der Waals surface area contributed by atoms with Gasteiger partial charge in [-0.1, -0.05) is 20.8 Å². The standard InChI is InChI=1S/C10H20O2/c1-6-10(5)11-7-9(3,4)8(2)12-10/h8H,6-7H2,1-5H3/t8-,10+/m1/s1. The Morgan fingerprint density at radius 1 is 1.33 bits per heavy atom. The Labute approximate surface area is 75.2 Å². The maximum absolute atomic E-state index is 5.82. The Kier molecular flexibility index (Phi) is 2.50. The molecule has 2 heteroatoms. The molecule has 0 N–H and O–H groups in total. The van der Waals surface area contributed by atoms with E-state index in [-0.39, 0.29) is 17.3 Å². The van der Waals surface area contributed by atoms with Crippen LogP contribution in [0.4, 0.5) is 0 Å². The van der Waals surface area contributed by atoms with Crippen molar-refractivity contribution in [2.45, 2.75) is 52.9 Å². The lowest BCUT2D eigenvalue weighted by Gasteiger charge is -2.45. The Bertz CT molecular complexity index is 165. The molecule has 0 amide bonds.